The van der Waals surface area contributed by atoms with Gasteiger partial charge in [0.1, 0.15) is 5.76 Å². The van der Waals surface area contributed by atoms with E-state index in [2.05, 4.69) is 5.32 Å². The zero-order valence-electron chi connectivity index (χ0n) is 9.31. The first-order valence-electron chi connectivity index (χ1n) is 5.75. The van der Waals surface area contributed by atoms with E-state index in [0.717, 1.165) is 35.5 Å². The summed E-state index contributed by atoms with van der Waals surface area (Å²) in [5.41, 5.74) is 1.14. The second-order valence-electron chi connectivity index (χ2n) is 4.19. The number of aryl methyl sites for hydroxylation is 1. The molecule has 0 aliphatic heterocycles. The third-order valence-corrected chi connectivity index (χ3v) is 3.97. The Morgan fingerprint density at radius 3 is 3.24 bits per heavy atom. The van der Waals surface area contributed by atoms with Crippen LogP contribution in [0.15, 0.2) is 34.3 Å². The zero-order chi connectivity index (χ0) is 11.7. The lowest BCUT2D eigenvalue weighted by atomic mass is 9.93. The van der Waals surface area contributed by atoms with Gasteiger partial charge in [-0.15, -0.1) is 11.3 Å². The SMILES string of the molecule is O=C(NC1CCCc2occc21)c1cccs1. The fourth-order valence-electron chi connectivity index (χ4n) is 2.27. The Morgan fingerprint density at radius 2 is 2.41 bits per heavy atom. The molecule has 17 heavy (non-hydrogen) atoms. The van der Waals surface area contributed by atoms with E-state index in [1.54, 1.807) is 6.26 Å². The van der Waals surface area contributed by atoms with Crippen molar-refractivity contribution in [3.63, 3.8) is 0 Å². The summed E-state index contributed by atoms with van der Waals surface area (Å²) in [6.45, 7) is 0. The molecule has 0 bridgehead atoms. The van der Waals surface area contributed by atoms with Gasteiger partial charge in [0.25, 0.3) is 5.91 Å². The van der Waals surface area contributed by atoms with E-state index in [-0.39, 0.29) is 11.9 Å². The van der Waals surface area contributed by atoms with Crippen LogP contribution in [0.5, 0.6) is 0 Å². The van der Waals surface area contributed by atoms with Gasteiger partial charge in [-0.3, -0.25) is 4.79 Å². The van der Waals surface area contributed by atoms with E-state index in [1.807, 2.05) is 23.6 Å². The van der Waals surface area contributed by atoms with E-state index < -0.39 is 0 Å². The molecule has 4 heteroatoms. The summed E-state index contributed by atoms with van der Waals surface area (Å²) < 4.78 is 5.41. The molecule has 2 aromatic heterocycles. The minimum Gasteiger partial charge on any atom is -0.469 e. The Balaban J connectivity index is 1.77. The third-order valence-electron chi connectivity index (χ3n) is 3.10. The van der Waals surface area contributed by atoms with Gasteiger partial charge in [0.2, 0.25) is 0 Å². The second kappa shape index (κ2) is 4.37. The molecule has 3 rings (SSSR count). The molecule has 1 aliphatic rings. The molecule has 2 aromatic rings. The van der Waals surface area contributed by atoms with Crippen molar-refractivity contribution in [2.75, 3.05) is 0 Å². The van der Waals surface area contributed by atoms with Gasteiger partial charge in [-0.05, 0) is 30.4 Å². The Bertz CT molecular complexity index is 515. The summed E-state index contributed by atoms with van der Waals surface area (Å²) >= 11 is 1.47. The van der Waals surface area contributed by atoms with Gasteiger partial charge in [0.05, 0.1) is 17.2 Å². The van der Waals surface area contributed by atoms with Gasteiger partial charge in [-0.1, -0.05) is 6.07 Å². The number of thiophene rings is 1. The van der Waals surface area contributed by atoms with Crippen molar-refractivity contribution in [3.05, 3.63) is 46.0 Å². The lowest BCUT2D eigenvalue weighted by molar-refractivity contribution is 0.0936. The number of carbonyl (C=O) groups is 1. The molecular formula is C13H13NO2S. The minimum absolute atomic E-state index is 0.0130. The predicted octanol–water partition coefficient (Wildman–Crippen LogP) is 3.15. The van der Waals surface area contributed by atoms with Crippen LogP contribution < -0.4 is 5.32 Å². The van der Waals surface area contributed by atoms with Crippen LogP contribution in [0.3, 0.4) is 0 Å². The number of rotatable bonds is 2. The van der Waals surface area contributed by atoms with Crippen LogP contribution >= 0.6 is 11.3 Å². The summed E-state index contributed by atoms with van der Waals surface area (Å²) in [4.78, 5) is 12.7. The van der Waals surface area contributed by atoms with Crippen molar-refractivity contribution in [1.82, 2.24) is 5.32 Å². The van der Waals surface area contributed by atoms with E-state index in [4.69, 9.17) is 4.42 Å². The van der Waals surface area contributed by atoms with Crippen LogP contribution in [-0.4, -0.2) is 5.91 Å². The molecule has 3 nitrogen and oxygen atoms in total. The molecule has 88 valence electrons. The van der Waals surface area contributed by atoms with Crippen molar-refractivity contribution < 1.29 is 9.21 Å². The molecule has 1 atom stereocenters. The van der Waals surface area contributed by atoms with Gasteiger partial charge in [0.15, 0.2) is 0 Å². The van der Waals surface area contributed by atoms with Crippen LogP contribution in [0.25, 0.3) is 0 Å². The van der Waals surface area contributed by atoms with E-state index >= 15 is 0 Å². The van der Waals surface area contributed by atoms with Crippen LogP contribution in [-0.2, 0) is 6.42 Å². The lowest BCUT2D eigenvalue weighted by Gasteiger charge is -2.22. The molecule has 1 N–H and O–H groups in total. The number of hydrogen-bond acceptors (Lipinski definition) is 3. The van der Waals surface area contributed by atoms with Gasteiger partial charge in [-0.25, -0.2) is 0 Å². The average molecular weight is 247 g/mol. The summed E-state index contributed by atoms with van der Waals surface area (Å²) in [7, 11) is 0. The Hall–Kier alpha value is -1.55. The van der Waals surface area contributed by atoms with Crippen molar-refractivity contribution >= 4 is 17.2 Å². The minimum atomic E-state index is 0.0130. The quantitative estimate of drug-likeness (QED) is 0.885. The summed E-state index contributed by atoms with van der Waals surface area (Å²) in [6, 6.07) is 5.81. The summed E-state index contributed by atoms with van der Waals surface area (Å²) in [6.07, 6.45) is 4.74. The van der Waals surface area contributed by atoms with Crippen molar-refractivity contribution in [2.24, 2.45) is 0 Å². The monoisotopic (exact) mass is 247 g/mol. The number of carbonyl (C=O) groups excluding carboxylic acids is 1. The molecule has 0 aromatic carbocycles. The number of hydrogen-bond donors (Lipinski definition) is 1. The highest BCUT2D eigenvalue weighted by atomic mass is 32.1. The molecular weight excluding hydrogens is 234 g/mol. The summed E-state index contributed by atoms with van der Waals surface area (Å²) in [5, 5.41) is 4.99. The van der Waals surface area contributed by atoms with Crippen molar-refractivity contribution in [1.29, 1.82) is 0 Å². The molecule has 0 saturated heterocycles. The largest absolute Gasteiger partial charge is 0.469 e. The van der Waals surface area contributed by atoms with Gasteiger partial charge in [-0.2, -0.15) is 0 Å². The molecule has 0 spiro atoms. The predicted molar refractivity (Wildman–Crippen MR) is 66.2 cm³/mol. The molecule has 0 saturated carbocycles. The lowest BCUT2D eigenvalue weighted by Crippen LogP contribution is -2.29. The zero-order valence-corrected chi connectivity index (χ0v) is 10.1. The van der Waals surface area contributed by atoms with Crippen LogP contribution in [0.2, 0.25) is 0 Å². The Labute approximate surface area is 103 Å². The van der Waals surface area contributed by atoms with Gasteiger partial charge >= 0.3 is 0 Å². The maximum atomic E-state index is 12.0. The number of fused-ring (bicyclic) bond motifs is 1. The van der Waals surface area contributed by atoms with E-state index in [0.29, 0.717) is 0 Å². The fraction of sp³-hybridized carbons (Fsp3) is 0.308. The number of furan rings is 1. The maximum Gasteiger partial charge on any atom is 0.261 e. The molecule has 0 radical (unpaired) electrons. The van der Waals surface area contributed by atoms with Crippen LogP contribution in [0.1, 0.15) is 39.9 Å². The standard InChI is InChI=1S/C13H13NO2S/c15-13(12-5-2-8-17-12)14-10-3-1-4-11-9(10)6-7-16-11/h2,5-8,10H,1,3-4H2,(H,14,15). The third kappa shape index (κ3) is 2.00. The number of nitrogens with one attached hydrogen (secondary N) is 1. The highest BCUT2D eigenvalue weighted by Crippen LogP contribution is 2.30. The molecule has 1 aliphatic carbocycles. The first kappa shape index (κ1) is 10.6. The highest BCUT2D eigenvalue weighted by Gasteiger charge is 2.24. The van der Waals surface area contributed by atoms with E-state index in [9.17, 15) is 4.79 Å². The maximum absolute atomic E-state index is 12.0. The normalized spacial score (nSPS) is 18.7. The molecule has 0 fully saturated rings. The van der Waals surface area contributed by atoms with E-state index in [1.165, 1.54) is 11.3 Å². The first-order valence-corrected chi connectivity index (χ1v) is 6.63. The highest BCUT2D eigenvalue weighted by molar-refractivity contribution is 7.12. The number of amides is 1. The van der Waals surface area contributed by atoms with Crippen molar-refractivity contribution in [2.45, 2.75) is 25.3 Å². The van der Waals surface area contributed by atoms with Gasteiger partial charge in [0, 0.05) is 12.0 Å². The van der Waals surface area contributed by atoms with Crippen LogP contribution in [0.4, 0.5) is 0 Å². The topological polar surface area (TPSA) is 42.2 Å². The van der Waals surface area contributed by atoms with Gasteiger partial charge < -0.3 is 9.73 Å². The Kier molecular flexibility index (Phi) is 2.73. The molecule has 1 amide bonds. The second-order valence-corrected chi connectivity index (χ2v) is 5.14. The van der Waals surface area contributed by atoms with Crippen LogP contribution in [0, 0.1) is 0 Å². The summed E-state index contributed by atoms with van der Waals surface area (Å²) in [5.74, 6) is 1.03. The average Bonchev–Trinajstić information content (AvgIpc) is 3.00. The fourth-order valence-corrected chi connectivity index (χ4v) is 2.90. The molecule has 2 heterocycles. The first-order chi connectivity index (χ1) is 8.34. The Morgan fingerprint density at radius 1 is 1.47 bits per heavy atom. The smallest absolute Gasteiger partial charge is 0.261 e. The molecule has 1 unspecified atom stereocenters. The van der Waals surface area contributed by atoms with Crippen molar-refractivity contribution in [3.8, 4) is 0 Å².